The second-order valence-electron chi connectivity index (χ2n) is 7.07. The van der Waals surface area contributed by atoms with Crippen molar-refractivity contribution in [2.75, 3.05) is 5.32 Å². The zero-order chi connectivity index (χ0) is 22.7. The molecule has 0 saturated heterocycles. The maximum atomic E-state index is 14.0. The Hall–Kier alpha value is -3.64. The summed E-state index contributed by atoms with van der Waals surface area (Å²) in [6.45, 7) is 1.75. The Bertz CT molecular complexity index is 1280. The van der Waals surface area contributed by atoms with E-state index in [1.807, 2.05) is 0 Å². The van der Waals surface area contributed by atoms with Crippen LogP contribution in [-0.2, 0) is 4.79 Å². The molecule has 162 valence electrons. The van der Waals surface area contributed by atoms with Gasteiger partial charge in [-0.3, -0.25) is 9.59 Å². The first-order chi connectivity index (χ1) is 15.5. The van der Waals surface area contributed by atoms with Crippen LogP contribution in [0.15, 0.2) is 77.2 Å². The number of benzene rings is 3. The van der Waals surface area contributed by atoms with E-state index in [2.05, 4.69) is 5.32 Å². The van der Waals surface area contributed by atoms with Crippen LogP contribution < -0.4 is 10.1 Å². The molecule has 32 heavy (non-hydrogen) atoms. The van der Waals surface area contributed by atoms with Gasteiger partial charge < -0.3 is 14.5 Å². The van der Waals surface area contributed by atoms with Crippen molar-refractivity contribution in [3.8, 4) is 5.75 Å². The Morgan fingerprint density at radius 2 is 1.72 bits per heavy atom. The maximum Gasteiger partial charge on any atom is 0.265 e. The Morgan fingerprint density at radius 1 is 1.03 bits per heavy atom. The number of fused-ring (bicyclic) bond motifs is 1. The van der Waals surface area contributed by atoms with Gasteiger partial charge in [-0.25, -0.2) is 4.39 Å². The highest BCUT2D eigenvalue weighted by atomic mass is 35.5. The van der Waals surface area contributed by atoms with Crippen LogP contribution in [0.4, 0.5) is 10.1 Å². The third kappa shape index (κ3) is 4.36. The van der Waals surface area contributed by atoms with Gasteiger partial charge in [0.25, 0.3) is 5.91 Å². The topological polar surface area (TPSA) is 68.5 Å². The zero-order valence-electron chi connectivity index (χ0n) is 17.1. The summed E-state index contributed by atoms with van der Waals surface area (Å²) in [4.78, 5) is 26.2. The number of carbonyl (C=O) groups excluding carboxylic acids is 2. The average Bonchev–Trinajstić information content (AvgIpc) is 3.17. The van der Waals surface area contributed by atoms with Gasteiger partial charge in [-0.1, -0.05) is 42.8 Å². The van der Waals surface area contributed by atoms with Crippen LogP contribution in [0.3, 0.4) is 0 Å². The molecule has 4 rings (SSSR count). The third-order valence-electron chi connectivity index (χ3n) is 4.93. The molecule has 0 fully saturated rings. The lowest BCUT2D eigenvalue weighted by Gasteiger charge is -2.17. The van der Waals surface area contributed by atoms with E-state index in [-0.39, 0.29) is 23.6 Å². The summed E-state index contributed by atoms with van der Waals surface area (Å²) >= 11 is 5.92. The molecule has 0 radical (unpaired) electrons. The normalized spacial score (nSPS) is 11.8. The summed E-state index contributed by atoms with van der Waals surface area (Å²) in [6.07, 6.45) is -0.685. The van der Waals surface area contributed by atoms with Gasteiger partial charge in [0.05, 0.1) is 5.69 Å². The van der Waals surface area contributed by atoms with Gasteiger partial charge in [-0.15, -0.1) is 0 Å². The van der Waals surface area contributed by atoms with E-state index in [9.17, 15) is 14.0 Å². The van der Waals surface area contributed by atoms with Gasteiger partial charge in [0.1, 0.15) is 5.58 Å². The van der Waals surface area contributed by atoms with Gasteiger partial charge >= 0.3 is 0 Å². The number of nitrogens with one attached hydrogen (secondary N) is 1. The predicted molar refractivity (Wildman–Crippen MR) is 121 cm³/mol. The van der Waals surface area contributed by atoms with Gasteiger partial charge in [0, 0.05) is 16.0 Å². The van der Waals surface area contributed by atoms with Crippen LogP contribution in [0, 0.1) is 5.82 Å². The van der Waals surface area contributed by atoms with Crippen LogP contribution in [0.25, 0.3) is 11.0 Å². The Balaban J connectivity index is 1.67. The number of hydrogen-bond acceptors (Lipinski definition) is 4. The molecule has 4 aromatic rings. The monoisotopic (exact) mass is 451 g/mol. The minimum absolute atomic E-state index is 0.0115. The molecular formula is C25H19ClFNO4. The molecule has 1 amide bonds. The number of hydrogen-bond donors (Lipinski definition) is 1. The first-order valence-electron chi connectivity index (χ1n) is 10.0. The van der Waals surface area contributed by atoms with E-state index < -0.39 is 23.6 Å². The highest BCUT2D eigenvalue weighted by Gasteiger charge is 2.27. The third-order valence-corrected chi connectivity index (χ3v) is 5.18. The number of furan rings is 1. The van der Waals surface area contributed by atoms with E-state index in [0.717, 1.165) is 0 Å². The van der Waals surface area contributed by atoms with Crippen molar-refractivity contribution in [3.05, 3.63) is 95.0 Å². The van der Waals surface area contributed by atoms with Crippen LogP contribution in [0.5, 0.6) is 5.75 Å². The first kappa shape index (κ1) is 21.6. The minimum atomic E-state index is -0.973. The van der Waals surface area contributed by atoms with Gasteiger partial charge in [0.15, 0.2) is 23.4 Å². The average molecular weight is 452 g/mol. The van der Waals surface area contributed by atoms with Crippen molar-refractivity contribution < 1.29 is 23.1 Å². The molecule has 7 heteroatoms. The van der Waals surface area contributed by atoms with Crippen LogP contribution in [0.2, 0.25) is 5.02 Å². The van der Waals surface area contributed by atoms with E-state index in [1.165, 1.54) is 18.2 Å². The maximum absolute atomic E-state index is 14.0. The summed E-state index contributed by atoms with van der Waals surface area (Å²) in [5.41, 5.74) is 1.04. The van der Waals surface area contributed by atoms with Crippen molar-refractivity contribution in [1.82, 2.24) is 0 Å². The summed E-state index contributed by atoms with van der Waals surface area (Å²) in [5, 5.41) is 3.82. The molecular weight excluding hydrogens is 433 g/mol. The predicted octanol–water partition coefficient (Wildman–Crippen LogP) is 6.25. The number of amides is 1. The van der Waals surface area contributed by atoms with Gasteiger partial charge in [-0.05, 0) is 55.0 Å². The summed E-state index contributed by atoms with van der Waals surface area (Å²) in [5.74, 6) is -1.53. The number of halogens is 2. The number of carbonyl (C=O) groups is 2. The summed E-state index contributed by atoms with van der Waals surface area (Å²) in [7, 11) is 0. The fourth-order valence-corrected chi connectivity index (χ4v) is 3.41. The second kappa shape index (κ2) is 9.24. The molecule has 0 bridgehead atoms. The fourth-order valence-electron chi connectivity index (χ4n) is 3.28. The van der Waals surface area contributed by atoms with Crippen molar-refractivity contribution in [3.63, 3.8) is 0 Å². The second-order valence-corrected chi connectivity index (χ2v) is 7.51. The van der Waals surface area contributed by atoms with E-state index >= 15 is 0 Å². The number of anilines is 1. The highest BCUT2D eigenvalue weighted by molar-refractivity contribution is 6.30. The van der Waals surface area contributed by atoms with Crippen LogP contribution >= 0.6 is 11.6 Å². The van der Waals surface area contributed by atoms with Crippen LogP contribution in [0.1, 0.15) is 29.5 Å². The largest absolute Gasteiger partial charge is 0.478 e. The van der Waals surface area contributed by atoms with E-state index in [4.69, 9.17) is 20.8 Å². The molecule has 3 aromatic carbocycles. The molecule has 1 atom stereocenters. The number of rotatable bonds is 7. The molecule has 0 aliphatic carbocycles. The number of para-hydroxylation sites is 2. The fraction of sp³-hybridized carbons (Fsp3) is 0.120. The zero-order valence-corrected chi connectivity index (χ0v) is 17.9. The number of ketones is 1. The highest BCUT2D eigenvalue weighted by Crippen LogP contribution is 2.33. The Morgan fingerprint density at radius 3 is 2.44 bits per heavy atom. The molecule has 1 N–H and O–H groups in total. The van der Waals surface area contributed by atoms with Crippen LogP contribution in [-0.4, -0.2) is 17.8 Å². The minimum Gasteiger partial charge on any atom is -0.478 e. The lowest BCUT2D eigenvalue weighted by Crippen LogP contribution is -2.33. The Labute approximate surface area is 188 Å². The van der Waals surface area contributed by atoms with E-state index in [1.54, 1.807) is 61.5 Å². The first-order valence-corrected chi connectivity index (χ1v) is 10.4. The number of ether oxygens (including phenoxy) is 1. The summed E-state index contributed by atoms with van der Waals surface area (Å²) < 4.78 is 25.4. The lowest BCUT2D eigenvalue weighted by atomic mass is 10.1. The van der Waals surface area contributed by atoms with Crippen molar-refractivity contribution in [2.24, 2.45) is 0 Å². The molecule has 0 saturated carbocycles. The molecule has 1 unspecified atom stereocenters. The van der Waals surface area contributed by atoms with Crippen molar-refractivity contribution in [1.29, 1.82) is 0 Å². The van der Waals surface area contributed by atoms with Gasteiger partial charge in [-0.2, -0.15) is 0 Å². The quantitative estimate of drug-likeness (QED) is 0.337. The van der Waals surface area contributed by atoms with E-state index in [0.29, 0.717) is 21.6 Å². The molecule has 0 spiro atoms. The molecule has 1 heterocycles. The van der Waals surface area contributed by atoms with Crippen molar-refractivity contribution >= 4 is 39.9 Å². The molecule has 0 aliphatic heterocycles. The standard InChI is InChI=1S/C25H19ClFNO4/c1-2-19(31-21-10-6-4-8-18(21)27)25(30)28-22-17-7-3-5-9-20(17)32-24(22)23(29)15-11-13-16(26)14-12-15/h3-14,19H,2H2,1H3,(H,28,30). The summed E-state index contributed by atoms with van der Waals surface area (Å²) in [6, 6.07) is 19.2. The van der Waals surface area contributed by atoms with Crippen molar-refractivity contribution in [2.45, 2.75) is 19.4 Å². The SMILES string of the molecule is CCC(Oc1ccccc1F)C(=O)Nc1c(C(=O)c2ccc(Cl)cc2)oc2ccccc12. The molecule has 5 nitrogen and oxygen atoms in total. The molecule has 0 aliphatic rings. The lowest BCUT2D eigenvalue weighted by molar-refractivity contribution is -0.122. The molecule has 1 aromatic heterocycles. The Kier molecular flexibility index (Phi) is 6.23. The van der Waals surface area contributed by atoms with Gasteiger partial charge in [0.2, 0.25) is 5.78 Å². The smallest absolute Gasteiger partial charge is 0.265 e.